The molecule has 0 aliphatic carbocycles. The highest BCUT2D eigenvalue weighted by Gasteiger charge is 2.23. The third-order valence-electron chi connectivity index (χ3n) is 5.79. The maximum atomic E-state index is 12.3. The largest absolute Gasteiger partial charge is 0.339 e. The summed E-state index contributed by atoms with van der Waals surface area (Å²) in [7, 11) is 4.28. The number of amides is 2. The molecule has 2 atom stereocenters. The lowest BCUT2D eigenvalue weighted by Gasteiger charge is -2.20. The normalized spacial score (nSPS) is 17.5. The molecule has 0 saturated carbocycles. The average molecular weight is 426 g/mol. The summed E-state index contributed by atoms with van der Waals surface area (Å²) in [5, 5.41) is 11.2. The highest BCUT2D eigenvalue weighted by Crippen LogP contribution is 2.22. The molecule has 2 amide bonds. The van der Waals surface area contributed by atoms with Crippen LogP contribution in [0.15, 0.2) is 48.5 Å². The zero-order chi connectivity index (χ0) is 22.4. The van der Waals surface area contributed by atoms with Crippen molar-refractivity contribution in [1.82, 2.24) is 20.6 Å². The summed E-state index contributed by atoms with van der Waals surface area (Å²) in [5.41, 5.74) is 10.7. The van der Waals surface area contributed by atoms with Crippen molar-refractivity contribution in [3.05, 3.63) is 59.7 Å². The molecule has 1 aliphatic rings. The molecule has 2 aromatic carbocycles. The number of hydrogen-bond donors (Lipinski definition) is 4. The minimum atomic E-state index is -0.992. The standard InChI is InChI=1S/C23H31N5O3/c1-27(2)20-11-12-28(15-20)14-16-3-5-17(6-4-16)18-7-9-19(10-8-18)22(29)25-21(13-24)23(30)26-31/h3-10,20-21,31H,11-15,24H2,1-2H3,(H,25,29)(H,26,30)/t20-,21-/m0/s1. The first-order valence-electron chi connectivity index (χ1n) is 10.4. The van der Waals surface area contributed by atoms with E-state index in [9.17, 15) is 9.59 Å². The van der Waals surface area contributed by atoms with E-state index in [0.29, 0.717) is 11.6 Å². The Balaban J connectivity index is 1.59. The number of nitrogens with one attached hydrogen (secondary N) is 2. The fourth-order valence-electron chi connectivity index (χ4n) is 3.80. The molecule has 0 spiro atoms. The summed E-state index contributed by atoms with van der Waals surface area (Å²) in [5.74, 6) is -1.18. The number of nitrogens with two attached hydrogens (primary N) is 1. The summed E-state index contributed by atoms with van der Waals surface area (Å²) in [4.78, 5) is 28.6. The van der Waals surface area contributed by atoms with Crippen LogP contribution in [-0.4, -0.2) is 72.6 Å². The number of benzene rings is 2. The molecule has 0 bridgehead atoms. The Labute approximate surface area is 183 Å². The predicted octanol–water partition coefficient (Wildman–Crippen LogP) is 1.05. The fraction of sp³-hybridized carbons (Fsp3) is 0.391. The number of hydrogen-bond acceptors (Lipinski definition) is 6. The van der Waals surface area contributed by atoms with Crippen LogP contribution in [0.2, 0.25) is 0 Å². The molecular weight excluding hydrogens is 394 g/mol. The summed E-state index contributed by atoms with van der Waals surface area (Å²) in [6.45, 7) is 3.06. The first-order chi connectivity index (χ1) is 14.9. The van der Waals surface area contributed by atoms with Gasteiger partial charge in [0.1, 0.15) is 6.04 Å². The van der Waals surface area contributed by atoms with Gasteiger partial charge in [-0.2, -0.15) is 0 Å². The monoisotopic (exact) mass is 425 g/mol. The number of nitrogens with zero attached hydrogens (tertiary/aromatic N) is 2. The van der Waals surface area contributed by atoms with Crippen LogP contribution in [0, 0.1) is 0 Å². The van der Waals surface area contributed by atoms with E-state index in [1.807, 2.05) is 12.1 Å². The van der Waals surface area contributed by atoms with E-state index in [1.54, 1.807) is 12.1 Å². The molecule has 0 radical (unpaired) electrons. The third-order valence-corrected chi connectivity index (χ3v) is 5.79. The average Bonchev–Trinajstić information content (AvgIpc) is 3.26. The minimum absolute atomic E-state index is 0.115. The molecule has 0 aromatic heterocycles. The Morgan fingerprint density at radius 3 is 2.26 bits per heavy atom. The van der Waals surface area contributed by atoms with Gasteiger partial charge in [-0.05, 0) is 49.3 Å². The molecule has 8 heteroatoms. The molecule has 5 N–H and O–H groups in total. The van der Waals surface area contributed by atoms with Crippen LogP contribution in [0.5, 0.6) is 0 Å². The molecule has 2 aromatic rings. The van der Waals surface area contributed by atoms with E-state index in [1.165, 1.54) is 17.5 Å². The van der Waals surface area contributed by atoms with Crippen molar-refractivity contribution in [3.8, 4) is 11.1 Å². The van der Waals surface area contributed by atoms with E-state index in [2.05, 4.69) is 53.5 Å². The van der Waals surface area contributed by atoms with Crippen LogP contribution < -0.4 is 16.5 Å². The second-order valence-corrected chi connectivity index (χ2v) is 8.15. The molecule has 1 aliphatic heterocycles. The van der Waals surface area contributed by atoms with Crippen LogP contribution in [0.4, 0.5) is 0 Å². The van der Waals surface area contributed by atoms with Crippen molar-refractivity contribution < 1.29 is 14.8 Å². The van der Waals surface area contributed by atoms with Crippen molar-refractivity contribution >= 4 is 11.8 Å². The van der Waals surface area contributed by atoms with E-state index in [-0.39, 0.29) is 6.54 Å². The van der Waals surface area contributed by atoms with Gasteiger partial charge in [-0.15, -0.1) is 0 Å². The van der Waals surface area contributed by atoms with Crippen molar-refractivity contribution in [2.45, 2.75) is 25.0 Å². The van der Waals surface area contributed by atoms with Crippen molar-refractivity contribution in [2.24, 2.45) is 5.73 Å². The number of carbonyl (C=O) groups excluding carboxylic acids is 2. The molecular formula is C23H31N5O3. The van der Waals surface area contributed by atoms with Gasteiger partial charge in [0.25, 0.3) is 11.8 Å². The van der Waals surface area contributed by atoms with Gasteiger partial charge in [-0.1, -0.05) is 36.4 Å². The smallest absolute Gasteiger partial charge is 0.267 e. The molecule has 166 valence electrons. The van der Waals surface area contributed by atoms with Gasteiger partial charge in [-0.25, -0.2) is 5.48 Å². The van der Waals surface area contributed by atoms with E-state index < -0.39 is 17.9 Å². The topological polar surface area (TPSA) is 111 Å². The molecule has 1 fully saturated rings. The van der Waals surface area contributed by atoms with Gasteiger partial charge in [0.15, 0.2) is 0 Å². The molecule has 8 nitrogen and oxygen atoms in total. The van der Waals surface area contributed by atoms with Crippen molar-refractivity contribution in [2.75, 3.05) is 33.7 Å². The number of likely N-dealkylation sites (N-methyl/N-ethyl adjacent to an activating group) is 1. The molecule has 3 rings (SSSR count). The van der Waals surface area contributed by atoms with Gasteiger partial charge < -0.3 is 16.0 Å². The second-order valence-electron chi connectivity index (χ2n) is 8.15. The molecule has 1 heterocycles. The van der Waals surface area contributed by atoms with Crippen LogP contribution in [0.3, 0.4) is 0 Å². The van der Waals surface area contributed by atoms with Gasteiger partial charge in [0.05, 0.1) is 0 Å². The summed E-state index contributed by atoms with van der Waals surface area (Å²) in [6, 6.07) is 15.3. The maximum absolute atomic E-state index is 12.3. The van der Waals surface area contributed by atoms with Crippen molar-refractivity contribution in [3.63, 3.8) is 0 Å². The highest BCUT2D eigenvalue weighted by atomic mass is 16.5. The number of hydroxylamine groups is 1. The lowest BCUT2D eigenvalue weighted by atomic mass is 10.0. The van der Waals surface area contributed by atoms with Gasteiger partial charge >= 0.3 is 0 Å². The minimum Gasteiger partial charge on any atom is -0.339 e. The third kappa shape index (κ3) is 5.89. The Bertz CT molecular complexity index is 883. The number of likely N-dealkylation sites (tertiary alicyclic amines) is 1. The zero-order valence-corrected chi connectivity index (χ0v) is 18.0. The predicted molar refractivity (Wildman–Crippen MR) is 119 cm³/mol. The van der Waals surface area contributed by atoms with Crippen molar-refractivity contribution in [1.29, 1.82) is 0 Å². The van der Waals surface area contributed by atoms with Gasteiger partial charge in [-0.3, -0.25) is 19.7 Å². The Morgan fingerprint density at radius 1 is 1.13 bits per heavy atom. The Hall–Kier alpha value is -2.78. The summed E-state index contributed by atoms with van der Waals surface area (Å²) in [6.07, 6.45) is 1.21. The first-order valence-corrected chi connectivity index (χ1v) is 10.4. The lowest BCUT2D eigenvalue weighted by molar-refractivity contribution is -0.130. The second kappa shape index (κ2) is 10.5. The van der Waals surface area contributed by atoms with Gasteiger partial charge in [0.2, 0.25) is 0 Å². The lowest BCUT2D eigenvalue weighted by Crippen LogP contribution is -2.50. The quantitative estimate of drug-likeness (QED) is 0.372. The SMILES string of the molecule is CN(C)[C@H]1CCN(Cc2ccc(-c3ccc(C(=O)N[C@@H](CN)C(=O)NO)cc3)cc2)C1. The number of carbonyl (C=O) groups is 2. The molecule has 31 heavy (non-hydrogen) atoms. The number of rotatable bonds is 8. The molecule has 0 unspecified atom stereocenters. The Morgan fingerprint density at radius 2 is 1.74 bits per heavy atom. The van der Waals surface area contributed by atoms with Gasteiger partial charge in [0, 0.05) is 37.8 Å². The van der Waals surface area contributed by atoms with E-state index >= 15 is 0 Å². The first kappa shape index (κ1) is 22.9. The summed E-state index contributed by atoms with van der Waals surface area (Å²) >= 11 is 0. The zero-order valence-electron chi connectivity index (χ0n) is 18.0. The Kier molecular flexibility index (Phi) is 7.75. The summed E-state index contributed by atoms with van der Waals surface area (Å²) < 4.78 is 0. The van der Waals surface area contributed by atoms with E-state index in [4.69, 9.17) is 10.9 Å². The van der Waals surface area contributed by atoms with Crippen LogP contribution >= 0.6 is 0 Å². The highest BCUT2D eigenvalue weighted by molar-refractivity contribution is 5.97. The van der Waals surface area contributed by atoms with E-state index in [0.717, 1.165) is 30.8 Å². The van der Waals surface area contributed by atoms with Crippen LogP contribution in [-0.2, 0) is 11.3 Å². The van der Waals surface area contributed by atoms with Crippen LogP contribution in [0.1, 0.15) is 22.3 Å². The van der Waals surface area contributed by atoms with Crippen LogP contribution in [0.25, 0.3) is 11.1 Å². The fourth-order valence-corrected chi connectivity index (χ4v) is 3.80. The molecule has 1 saturated heterocycles. The maximum Gasteiger partial charge on any atom is 0.267 e.